The maximum absolute atomic E-state index is 11.7. The lowest BCUT2D eigenvalue weighted by molar-refractivity contribution is 0.0512. The minimum absolute atomic E-state index is 0.135. The van der Waals surface area contributed by atoms with E-state index < -0.39 is 5.97 Å². The molecule has 0 amide bonds. The van der Waals surface area contributed by atoms with E-state index in [-0.39, 0.29) is 5.82 Å². The number of ether oxygens (including phenoxy) is 1. The van der Waals surface area contributed by atoms with Crippen molar-refractivity contribution >= 4 is 17.3 Å². The van der Waals surface area contributed by atoms with E-state index in [0.29, 0.717) is 6.61 Å². The minimum atomic E-state index is -0.462. The summed E-state index contributed by atoms with van der Waals surface area (Å²) in [5.74, 6) is 0.416. The highest BCUT2D eigenvalue weighted by Crippen LogP contribution is 2.34. The number of aryl methyl sites for hydroxylation is 3. The normalized spacial score (nSPS) is 14.1. The molecule has 0 aliphatic heterocycles. The Bertz CT molecular complexity index is 621. The fraction of sp³-hybridized carbons (Fsp3) is 0.500. The average Bonchev–Trinajstić information content (AvgIpc) is 3.01. The predicted molar refractivity (Wildman–Crippen MR) is 76.9 cm³/mol. The highest BCUT2D eigenvalue weighted by atomic mass is 32.1. The third-order valence-electron chi connectivity index (χ3n) is 3.44. The minimum Gasteiger partial charge on any atom is -0.460 e. The van der Waals surface area contributed by atoms with Crippen LogP contribution in [0.2, 0.25) is 0 Å². The van der Waals surface area contributed by atoms with Crippen molar-refractivity contribution in [3.05, 3.63) is 22.3 Å². The van der Waals surface area contributed by atoms with E-state index in [2.05, 4.69) is 16.1 Å². The third kappa shape index (κ3) is 2.35. The number of carbonyl (C=O) groups excluding carboxylic acids is 1. The number of thiophene rings is 1. The van der Waals surface area contributed by atoms with Crippen LogP contribution in [0.3, 0.4) is 0 Å². The van der Waals surface area contributed by atoms with Crippen molar-refractivity contribution in [3.8, 4) is 10.7 Å². The molecule has 5 nitrogen and oxygen atoms in total. The van der Waals surface area contributed by atoms with Crippen molar-refractivity contribution in [3.63, 3.8) is 0 Å². The lowest BCUT2D eigenvalue weighted by atomic mass is 9.99. The Morgan fingerprint density at radius 3 is 3.00 bits per heavy atom. The van der Waals surface area contributed by atoms with Crippen molar-refractivity contribution in [1.29, 1.82) is 0 Å². The smallest absolute Gasteiger partial charge is 0.378 e. The molecule has 0 aromatic carbocycles. The Balaban J connectivity index is 1.94. The molecule has 20 heavy (non-hydrogen) atoms. The van der Waals surface area contributed by atoms with E-state index in [1.165, 1.54) is 23.3 Å². The quantitative estimate of drug-likeness (QED) is 0.816. The van der Waals surface area contributed by atoms with E-state index in [0.717, 1.165) is 23.5 Å². The lowest BCUT2D eigenvalue weighted by Crippen LogP contribution is -2.07. The number of nitrogens with zero attached hydrogens (tertiary/aromatic N) is 3. The monoisotopic (exact) mass is 291 g/mol. The van der Waals surface area contributed by atoms with Crippen molar-refractivity contribution in [2.24, 2.45) is 7.05 Å². The van der Waals surface area contributed by atoms with Crippen molar-refractivity contribution in [2.75, 3.05) is 6.61 Å². The van der Waals surface area contributed by atoms with Gasteiger partial charge in [-0.2, -0.15) is 0 Å². The van der Waals surface area contributed by atoms with Crippen LogP contribution in [0, 0.1) is 0 Å². The molecule has 3 rings (SSSR count). The summed E-state index contributed by atoms with van der Waals surface area (Å²) in [5, 5.41) is 4.15. The molecule has 0 atom stereocenters. The molecule has 0 saturated carbocycles. The fourth-order valence-electron chi connectivity index (χ4n) is 2.48. The summed E-state index contributed by atoms with van der Waals surface area (Å²) >= 11 is 1.77. The number of hydrogen-bond acceptors (Lipinski definition) is 5. The first kappa shape index (κ1) is 13.3. The van der Waals surface area contributed by atoms with Gasteiger partial charge in [-0.15, -0.1) is 16.4 Å². The van der Waals surface area contributed by atoms with Gasteiger partial charge in [0.05, 0.1) is 11.5 Å². The highest BCUT2D eigenvalue weighted by Gasteiger charge is 2.20. The lowest BCUT2D eigenvalue weighted by Gasteiger charge is -2.08. The van der Waals surface area contributed by atoms with Crippen LogP contribution in [0.5, 0.6) is 0 Å². The highest BCUT2D eigenvalue weighted by molar-refractivity contribution is 7.15. The second kappa shape index (κ2) is 5.36. The molecule has 6 heteroatoms. The predicted octanol–water partition coefficient (Wildman–Crippen LogP) is 2.60. The van der Waals surface area contributed by atoms with Crippen LogP contribution in [0.1, 0.15) is 40.8 Å². The second-order valence-corrected chi connectivity index (χ2v) is 6.01. The van der Waals surface area contributed by atoms with Gasteiger partial charge in [0.25, 0.3) is 5.82 Å². The molecule has 0 saturated heterocycles. The molecule has 0 unspecified atom stereocenters. The Morgan fingerprint density at radius 2 is 2.25 bits per heavy atom. The summed E-state index contributed by atoms with van der Waals surface area (Å²) in [6.45, 7) is 2.11. The van der Waals surface area contributed by atoms with E-state index in [1.54, 1.807) is 22.9 Å². The van der Waals surface area contributed by atoms with Crippen LogP contribution < -0.4 is 0 Å². The van der Waals surface area contributed by atoms with Crippen LogP contribution in [-0.4, -0.2) is 27.3 Å². The Hall–Kier alpha value is -1.69. The molecule has 0 radical (unpaired) electrons. The van der Waals surface area contributed by atoms with Crippen molar-refractivity contribution in [2.45, 2.75) is 32.6 Å². The molecular formula is C14H17N3O2S. The summed E-state index contributed by atoms with van der Waals surface area (Å²) in [7, 11) is 1.81. The first-order valence-corrected chi connectivity index (χ1v) is 7.70. The van der Waals surface area contributed by atoms with E-state index in [1.807, 2.05) is 7.05 Å². The molecular weight excluding hydrogens is 274 g/mol. The van der Waals surface area contributed by atoms with Gasteiger partial charge < -0.3 is 4.74 Å². The van der Waals surface area contributed by atoms with E-state index in [9.17, 15) is 4.79 Å². The molecule has 0 bridgehead atoms. The number of fused-ring (bicyclic) bond motifs is 1. The Kier molecular flexibility index (Phi) is 3.56. The third-order valence-corrected chi connectivity index (χ3v) is 4.67. The standard InChI is InChI=1S/C14H17N3O2S/c1-3-19-14(18)12-15-13(17(2)16-12)11-8-9-6-4-5-7-10(9)20-11/h8H,3-7H2,1-2H3. The summed E-state index contributed by atoms with van der Waals surface area (Å²) < 4.78 is 6.60. The molecule has 0 spiro atoms. The first-order chi connectivity index (χ1) is 9.69. The zero-order valence-corrected chi connectivity index (χ0v) is 12.5. The molecule has 2 aromatic rings. The topological polar surface area (TPSA) is 57.0 Å². The van der Waals surface area contributed by atoms with Crippen molar-refractivity contribution < 1.29 is 9.53 Å². The molecule has 1 aliphatic carbocycles. The van der Waals surface area contributed by atoms with Crippen LogP contribution in [-0.2, 0) is 24.6 Å². The average molecular weight is 291 g/mol. The summed E-state index contributed by atoms with van der Waals surface area (Å²) in [5.41, 5.74) is 1.43. The summed E-state index contributed by atoms with van der Waals surface area (Å²) in [6, 6.07) is 2.19. The van der Waals surface area contributed by atoms with Gasteiger partial charge in [-0.1, -0.05) is 0 Å². The molecule has 0 N–H and O–H groups in total. The Labute approximate surface area is 121 Å². The largest absolute Gasteiger partial charge is 0.460 e. The number of hydrogen-bond donors (Lipinski definition) is 0. The van der Waals surface area contributed by atoms with Gasteiger partial charge in [-0.3, -0.25) is 0 Å². The van der Waals surface area contributed by atoms with Gasteiger partial charge in [0.1, 0.15) is 0 Å². The molecule has 1 aliphatic rings. The second-order valence-electron chi connectivity index (χ2n) is 4.87. The number of esters is 1. The van der Waals surface area contributed by atoms with Crippen LogP contribution in [0.4, 0.5) is 0 Å². The van der Waals surface area contributed by atoms with Crippen molar-refractivity contribution in [1.82, 2.24) is 14.8 Å². The summed E-state index contributed by atoms with van der Waals surface area (Å²) in [6.07, 6.45) is 4.83. The van der Waals surface area contributed by atoms with Gasteiger partial charge in [-0.25, -0.2) is 14.5 Å². The maximum Gasteiger partial charge on any atom is 0.378 e. The maximum atomic E-state index is 11.7. The number of carbonyl (C=O) groups is 1. The first-order valence-electron chi connectivity index (χ1n) is 6.89. The summed E-state index contributed by atoms with van der Waals surface area (Å²) in [4.78, 5) is 18.5. The van der Waals surface area contributed by atoms with Crippen LogP contribution in [0.15, 0.2) is 6.07 Å². The van der Waals surface area contributed by atoms with Crippen LogP contribution in [0.25, 0.3) is 10.7 Å². The molecule has 2 aromatic heterocycles. The van der Waals surface area contributed by atoms with Gasteiger partial charge in [0, 0.05) is 11.9 Å². The Morgan fingerprint density at radius 1 is 1.45 bits per heavy atom. The molecule has 0 fully saturated rings. The SMILES string of the molecule is CCOC(=O)c1nc(-c2cc3c(s2)CCCC3)n(C)n1. The molecule has 106 valence electrons. The van der Waals surface area contributed by atoms with E-state index in [4.69, 9.17) is 4.74 Å². The molecule has 2 heterocycles. The van der Waals surface area contributed by atoms with Crippen LogP contribution >= 0.6 is 11.3 Å². The zero-order chi connectivity index (χ0) is 14.1. The number of rotatable bonds is 3. The fourth-order valence-corrected chi connectivity index (χ4v) is 3.76. The van der Waals surface area contributed by atoms with E-state index >= 15 is 0 Å². The van der Waals surface area contributed by atoms with Gasteiger partial charge in [0.2, 0.25) is 0 Å². The van der Waals surface area contributed by atoms with Gasteiger partial charge in [0.15, 0.2) is 5.82 Å². The van der Waals surface area contributed by atoms with Gasteiger partial charge in [-0.05, 0) is 44.2 Å². The number of aromatic nitrogens is 3. The van der Waals surface area contributed by atoms with Gasteiger partial charge >= 0.3 is 5.97 Å². The zero-order valence-electron chi connectivity index (χ0n) is 11.7.